The Morgan fingerprint density at radius 2 is 1.86 bits per heavy atom. The molecule has 2 aromatic rings. The molecule has 110 valence electrons. The SMILES string of the molecule is Fc1ccc(F)c(CN2CCC[C@H]2c2ccc(Cl)cc2)c1. The molecule has 1 saturated heterocycles. The van der Waals surface area contributed by atoms with Crippen LogP contribution < -0.4 is 0 Å². The molecule has 0 radical (unpaired) electrons. The fraction of sp³-hybridized carbons (Fsp3) is 0.294. The highest BCUT2D eigenvalue weighted by molar-refractivity contribution is 6.30. The van der Waals surface area contributed by atoms with E-state index in [-0.39, 0.29) is 11.9 Å². The summed E-state index contributed by atoms with van der Waals surface area (Å²) in [6.45, 7) is 1.32. The van der Waals surface area contributed by atoms with Gasteiger partial charge in [-0.05, 0) is 55.3 Å². The van der Waals surface area contributed by atoms with E-state index in [1.165, 1.54) is 17.7 Å². The molecule has 1 atom stereocenters. The highest BCUT2D eigenvalue weighted by Crippen LogP contribution is 2.34. The molecule has 0 spiro atoms. The maximum Gasteiger partial charge on any atom is 0.127 e. The normalized spacial score (nSPS) is 19.1. The monoisotopic (exact) mass is 307 g/mol. The summed E-state index contributed by atoms with van der Waals surface area (Å²) in [7, 11) is 0. The average Bonchev–Trinajstić information content (AvgIpc) is 2.92. The van der Waals surface area contributed by atoms with Gasteiger partial charge in [-0.3, -0.25) is 4.90 Å². The average molecular weight is 308 g/mol. The zero-order valence-electron chi connectivity index (χ0n) is 11.5. The lowest BCUT2D eigenvalue weighted by atomic mass is 10.0. The number of nitrogens with zero attached hydrogens (tertiary/aromatic N) is 1. The highest BCUT2D eigenvalue weighted by atomic mass is 35.5. The fourth-order valence-corrected chi connectivity index (χ4v) is 3.09. The van der Waals surface area contributed by atoms with Crippen molar-refractivity contribution in [2.24, 2.45) is 0 Å². The number of hydrogen-bond donors (Lipinski definition) is 0. The van der Waals surface area contributed by atoms with Crippen LogP contribution in [0.1, 0.15) is 30.0 Å². The van der Waals surface area contributed by atoms with Crippen molar-refractivity contribution in [3.8, 4) is 0 Å². The predicted octanol–water partition coefficient (Wildman–Crippen LogP) is 4.96. The Bertz CT molecular complexity index is 627. The fourth-order valence-electron chi connectivity index (χ4n) is 2.96. The first-order valence-corrected chi connectivity index (χ1v) is 7.45. The smallest absolute Gasteiger partial charge is 0.127 e. The van der Waals surface area contributed by atoms with E-state index in [0.717, 1.165) is 25.5 Å². The molecule has 1 aliphatic heterocycles. The second-order valence-corrected chi connectivity index (χ2v) is 5.85. The first kappa shape index (κ1) is 14.5. The van der Waals surface area contributed by atoms with Gasteiger partial charge in [0.15, 0.2) is 0 Å². The first-order valence-electron chi connectivity index (χ1n) is 7.07. The van der Waals surface area contributed by atoms with Crippen LogP contribution in [0.3, 0.4) is 0 Å². The van der Waals surface area contributed by atoms with Crippen molar-refractivity contribution in [3.05, 3.63) is 70.2 Å². The molecule has 0 N–H and O–H groups in total. The maximum absolute atomic E-state index is 13.8. The predicted molar refractivity (Wildman–Crippen MR) is 80.2 cm³/mol. The van der Waals surface area contributed by atoms with E-state index in [1.807, 2.05) is 24.3 Å². The van der Waals surface area contributed by atoms with Gasteiger partial charge in [0, 0.05) is 23.2 Å². The first-order chi connectivity index (χ1) is 10.1. The maximum atomic E-state index is 13.8. The van der Waals surface area contributed by atoms with Gasteiger partial charge in [0.1, 0.15) is 11.6 Å². The van der Waals surface area contributed by atoms with E-state index in [2.05, 4.69) is 4.90 Å². The third-order valence-corrected chi connectivity index (χ3v) is 4.25. The lowest BCUT2D eigenvalue weighted by molar-refractivity contribution is 0.244. The summed E-state index contributed by atoms with van der Waals surface area (Å²) in [6.07, 6.45) is 2.09. The second kappa shape index (κ2) is 6.12. The van der Waals surface area contributed by atoms with E-state index >= 15 is 0 Å². The lowest BCUT2D eigenvalue weighted by Gasteiger charge is -2.25. The van der Waals surface area contributed by atoms with E-state index in [9.17, 15) is 8.78 Å². The Balaban J connectivity index is 1.81. The number of hydrogen-bond acceptors (Lipinski definition) is 1. The molecule has 0 saturated carbocycles. The standard InChI is InChI=1S/C17H16ClF2N/c18-14-5-3-12(4-6-14)17-2-1-9-21(17)11-13-10-15(19)7-8-16(13)20/h3-8,10,17H,1-2,9,11H2/t17-/m0/s1. The van der Waals surface area contributed by atoms with Crippen LogP contribution in [0.15, 0.2) is 42.5 Å². The molecule has 0 unspecified atom stereocenters. The Labute approximate surface area is 128 Å². The summed E-state index contributed by atoms with van der Waals surface area (Å²) in [5.74, 6) is -0.744. The Kier molecular flexibility index (Phi) is 4.22. The van der Waals surface area contributed by atoms with Gasteiger partial charge in [0.25, 0.3) is 0 Å². The molecule has 1 fully saturated rings. The van der Waals surface area contributed by atoms with Crippen molar-refractivity contribution in [2.45, 2.75) is 25.4 Å². The van der Waals surface area contributed by atoms with Gasteiger partial charge in [-0.1, -0.05) is 23.7 Å². The molecular formula is C17H16ClF2N. The summed E-state index contributed by atoms with van der Waals surface area (Å²) in [4.78, 5) is 2.20. The van der Waals surface area contributed by atoms with Gasteiger partial charge >= 0.3 is 0 Å². The van der Waals surface area contributed by atoms with Crippen molar-refractivity contribution in [2.75, 3.05) is 6.54 Å². The quantitative estimate of drug-likeness (QED) is 0.775. The van der Waals surface area contributed by atoms with Crippen LogP contribution >= 0.6 is 11.6 Å². The Hall–Kier alpha value is -1.45. The van der Waals surface area contributed by atoms with Gasteiger partial charge in [-0.15, -0.1) is 0 Å². The molecule has 0 amide bonds. The van der Waals surface area contributed by atoms with E-state index in [4.69, 9.17) is 11.6 Å². The molecule has 0 aromatic heterocycles. The van der Waals surface area contributed by atoms with Crippen LogP contribution in [0, 0.1) is 11.6 Å². The molecule has 0 bridgehead atoms. The van der Waals surface area contributed by atoms with E-state index < -0.39 is 5.82 Å². The minimum absolute atomic E-state index is 0.241. The summed E-state index contributed by atoms with van der Waals surface area (Å²) in [6, 6.07) is 11.6. The molecule has 3 rings (SSSR count). The molecule has 4 heteroatoms. The molecule has 0 aliphatic carbocycles. The van der Waals surface area contributed by atoms with Gasteiger partial charge in [-0.2, -0.15) is 0 Å². The molecular weight excluding hydrogens is 292 g/mol. The lowest BCUT2D eigenvalue weighted by Crippen LogP contribution is -2.23. The topological polar surface area (TPSA) is 3.24 Å². The molecule has 1 aliphatic rings. The van der Waals surface area contributed by atoms with Crippen LogP contribution in [-0.4, -0.2) is 11.4 Å². The van der Waals surface area contributed by atoms with Crippen LogP contribution in [0.5, 0.6) is 0 Å². The summed E-state index contributed by atoms with van der Waals surface area (Å²) in [5.41, 5.74) is 1.59. The third-order valence-electron chi connectivity index (χ3n) is 4.00. The number of likely N-dealkylation sites (tertiary alicyclic amines) is 1. The largest absolute Gasteiger partial charge is 0.292 e. The summed E-state index contributed by atoms with van der Waals surface area (Å²) in [5, 5.41) is 0.708. The van der Waals surface area contributed by atoms with E-state index in [0.29, 0.717) is 17.1 Å². The van der Waals surface area contributed by atoms with E-state index in [1.54, 1.807) is 0 Å². The zero-order chi connectivity index (χ0) is 14.8. The van der Waals surface area contributed by atoms with Crippen LogP contribution in [0.4, 0.5) is 8.78 Å². The van der Waals surface area contributed by atoms with Crippen molar-refractivity contribution in [1.29, 1.82) is 0 Å². The van der Waals surface area contributed by atoms with Gasteiger partial charge < -0.3 is 0 Å². The number of rotatable bonds is 3. The van der Waals surface area contributed by atoms with Gasteiger partial charge in [-0.25, -0.2) is 8.78 Å². The Morgan fingerprint density at radius 3 is 2.62 bits per heavy atom. The van der Waals surface area contributed by atoms with Gasteiger partial charge in [0.2, 0.25) is 0 Å². The molecule has 1 nitrogen and oxygen atoms in total. The van der Waals surface area contributed by atoms with Crippen LogP contribution in [-0.2, 0) is 6.54 Å². The Morgan fingerprint density at radius 1 is 1.10 bits per heavy atom. The number of halogens is 3. The van der Waals surface area contributed by atoms with Gasteiger partial charge in [0.05, 0.1) is 0 Å². The minimum Gasteiger partial charge on any atom is -0.292 e. The second-order valence-electron chi connectivity index (χ2n) is 5.42. The van der Waals surface area contributed by atoms with Crippen LogP contribution in [0.25, 0.3) is 0 Å². The molecule has 1 heterocycles. The number of benzene rings is 2. The van der Waals surface area contributed by atoms with Crippen molar-refractivity contribution < 1.29 is 8.78 Å². The summed E-state index contributed by atoms with van der Waals surface area (Å²) >= 11 is 5.92. The molecule has 2 aromatic carbocycles. The summed E-state index contributed by atoms with van der Waals surface area (Å²) < 4.78 is 27.1. The van der Waals surface area contributed by atoms with Crippen molar-refractivity contribution in [1.82, 2.24) is 4.90 Å². The highest BCUT2D eigenvalue weighted by Gasteiger charge is 2.26. The minimum atomic E-state index is -0.395. The van der Waals surface area contributed by atoms with Crippen LogP contribution in [0.2, 0.25) is 5.02 Å². The van der Waals surface area contributed by atoms with Crippen molar-refractivity contribution >= 4 is 11.6 Å². The molecule has 21 heavy (non-hydrogen) atoms. The van der Waals surface area contributed by atoms with Crippen molar-refractivity contribution in [3.63, 3.8) is 0 Å². The zero-order valence-corrected chi connectivity index (χ0v) is 12.3. The third kappa shape index (κ3) is 3.25.